The van der Waals surface area contributed by atoms with Gasteiger partial charge in [0, 0.05) is 19.3 Å². The zero-order valence-electron chi connectivity index (χ0n) is 52.5. The zero-order chi connectivity index (χ0) is 56.4. The number of carbonyl (C=O) groups excluding carboxylic acids is 3. The van der Waals surface area contributed by atoms with Crippen molar-refractivity contribution in [1.29, 1.82) is 0 Å². The third-order valence-corrected chi connectivity index (χ3v) is 15.6. The van der Waals surface area contributed by atoms with Gasteiger partial charge in [0.1, 0.15) is 13.2 Å². The quantitative estimate of drug-likeness (QED) is 0.0261. The molecule has 0 radical (unpaired) electrons. The van der Waals surface area contributed by atoms with Crippen LogP contribution in [0.5, 0.6) is 0 Å². The van der Waals surface area contributed by atoms with Crippen molar-refractivity contribution < 1.29 is 28.6 Å². The minimum absolute atomic E-state index is 0.0748. The van der Waals surface area contributed by atoms with Crippen LogP contribution in [0.15, 0.2) is 48.6 Å². The van der Waals surface area contributed by atoms with Crippen LogP contribution in [-0.2, 0) is 28.6 Å². The minimum Gasteiger partial charge on any atom is -0.462 e. The molecule has 0 aliphatic heterocycles. The highest BCUT2D eigenvalue weighted by atomic mass is 16.6. The SMILES string of the molecule is CCCCC/C=C\C/C=C\CCCCCCCC(=O)OCC(COC(=O)CCCCCCCCCCCCC/C=C\C/C=C\CCCCCCC)OC(=O)CCCCCCCCCCCCCCCCCCCCCCCC. The molecule has 1 atom stereocenters. The Morgan fingerprint density at radius 3 is 0.731 bits per heavy atom. The molecule has 0 aromatic rings. The average Bonchev–Trinajstić information content (AvgIpc) is 3.44. The molecule has 0 aromatic heterocycles. The lowest BCUT2D eigenvalue weighted by Gasteiger charge is -2.18. The van der Waals surface area contributed by atoms with Crippen molar-refractivity contribution in [2.75, 3.05) is 13.2 Å². The van der Waals surface area contributed by atoms with E-state index >= 15 is 0 Å². The highest BCUT2D eigenvalue weighted by Crippen LogP contribution is 2.18. The van der Waals surface area contributed by atoms with Gasteiger partial charge in [0.05, 0.1) is 0 Å². The third-order valence-electron chi connectivity index (χ3n) is 15.6. The Morgan fingerprint density at radius 2 is 0.462 bits per heavy atom. The molecule has 1 unspecified atom stereocenters. The Kier molecular flexibility index (Phi) is 64.6. The van der Waals surface area contributed by atoms with Crippen molar-refractivity contribution >= 4 is 17.9 Å². The summed E-state index contributed by atoms with van der Waals surface area (Å²) in [4.78, 5) is 38.4. The first-order valence-electron chi connectivity index (χ1n) is 34.6. The Bertz CT molecular complexity index is 1350. The van der Waals surface area contributed by atoms with Gasteiger partial charge in [0.15, 0.2) is 6.10 Å². The molecule has 6 nitrogen and oxygen atoms in total. The monoisotopic (exact) mass is 1090 g/mol. The van der Waals surface area contributed by atoms with Crippen LogP contribution in [0.2, 0.25) is 0 Å². The summed E-state index contributed by atoms with van der Waals surface area (Å²) in [7, 11) is 0. The van der Waals surface area contributed by atoms with E-state index in [4.69, 9.17) is 14.2 Å². The maximum Gasteiger partial charge on any atom is 0.306 e. The van der Waals surface area contributed by atoms with E-state index in [1.54, 1.807) is 0 Å². The number of unbranched alkanes of at least 4 members (excludes halogenated alkanes) is 45. The van der Waals surface area contributed by atoms with E-state index < -0.39 is 6.10 Å². The summed E-state index contributed by atoms with van der Waals surface area (Å²) in [5, 5.41) is 0. The van der Waals surface area contributed by atoms with Gasteiger partial charge in [0.2, 0.25) is 0 Å². The van der Waals surface area contributed by atoms with Crippen molar-refractivity contribution in [1.82, 2.24) is 0 Å². The van der Waals surface area contributed by atoms with Gasteiger partial charge in [-0.05, 0) is 83.5 Å². The standard InChI is InChI=1S/C72H132O6/c1-4-7-10-13-16-19-22-25-28-30-32-34-36-38-39-41-44-47-50-53-56-59-62-65-71(74)77-68-69(67-76-70(73)64-61-58-55-52-49-46-43-27-24-21-18-15-12-9-6-3)78-72(75)66-63-60-57-54-51-48-45-42-40-37-35-33-31-29-26-23-20-17-14-11-8-5-2/h18,21-22,25,27,30,32,43,69H,4-17,19-20,23-24,26,28-29,31,33-42,44-68H2,1-3H3/b21-18-,25-22-,32-30-,43-27-. The molecule has 0 aliphatic rings. The lowest BCUT2D eigenvalue weighted by Crippen LogP contribution is -2.30. The van der Waals surface area contributed by atoms with E-state index in [9.17, 15) is 14.4 Å². The molecule has 0 saturated carbocycles. The minimum atomic E-state index is -0.779. The Balaban J connectivity index is 4.30. The summed E-state index contributed by atoms with van der Waals surface area (Å²) in [6.07, 6.45) is 84.1. The van der Waals surface area contributed by atoms with Gasteiger partial charge in [0.25, 0.3) is 0 Å². The molecule has 0 spiro atoms. The second kappa shape index (κ2) is 66.9. The van der Waals surface area contributed by atoms with Crippen LogP contribution < -0.4 is 0 Å². The second-order valence-corrected chi connectivity index (χ2v) is 23.4. The van der Waals surface area contributed by atoms with Gasteiger partial charge in [-0.2, -0.15) is 0 Å². The predicted molar refractivity (Wildman–Crippen MR) is 339 cm³/mol. The van der Waals surface area contributed by atoms with Gasteiger partial charge in [-0.15, -0.1) is 0 Å². The maximum atomic E-state index is 13.0. The summed E-state index contributed by atoms with van der Waals surface area (Å²) < 4.78 is 17.0. The van der Waals surface area contributed by atoms with E-state index in [1.165, 1.54) is 250 Å². The van der Waals surface area contributed by atoms with Crippen LogP contribution in [0, 0.1) is 0 Å². The summed E-state index contributed by atoms with van der Waals surface area (Å²) in [6.45, 7) is 6.66. The van der Waals surface area contributed by atoms with Crippen LogP contribution >= 0.6 is 0 Å². The molecule has 0 rings (SSSR count). The van der Waals surface area contributed by atoms with Gasteiger partial charge < -0.3 is 14.2 Å². The third kappa shape index (κ3) is 64.2. The summed E-state index contributed by atoms with van der Waals surface area (Å²) in [5.41, 5.74) is 0. The molecule has 0 aromatic carbocycles. The van der Waals surface area contributed by atoms with E-state index in [0.717, 1.165) is 83.5 Å². The molecule has 0 amide bonds. The van der Waals surface area contributed by atoms with Crippen molar-refractivity contribution in [2.45, 2.75) is 380 Å². The van der Waals surface area contributed by atoms with E-state index in [1.807, 2.05) is 0 Å². The normalized spacial score (nSPS) is 12.3. The van der Waals surface area contributed by atoms with Gasteiger partial charge in [-0.3, -0.25) is 14.4 Å². The predicted octanol–water partition coefficient (Wildman–Crippen LogP) is 23.7. The first-order chi connectivity index (χ1) is 38.5. The first kappa shape index (κ1) is 75.4. The fourth-order valence-corrected chi connectivity index (χ4v) is 10.3. The van der Waals surface area contributed by atoms with Gasteiger partial charge in [-0.1, -0.05) is 320 Å². The highest BCUT2D eigenvalue weighted by Gasteiger charge is 2.19. The molecule has 0 N–H and O–H groups in total. The van der Waals surface area contributed by atoms with Crippen LogP contribution in [0.4, 0.5) is 0 Å². The molecule has 78 heavy (non-hydrogen) atoms. The number of rotatable bonds is 64. The number of hydrogen-bond acceptors (Lipinski definition) is 6. The van der Waals surface area contributed by atoms with Gasteiger partial charge >= 0.3 is 17.9 Å². The number of carbonyl (C=O) groups is 3. The Hall–Kier alpha value is -2.63. The lowest BCUT2D eigenvalue weighted by molar-refractivity contribution is -0.167. The fourth-order valence-electron chi connectivity index (χ4n) is 10.3. The Labute approximate surface area is 486 Å². The molecular weight excluding hydrogens is 961 g/mol. The molecule has 456 valence electrons. The largest absolute Gasteiger partial charge is 0.462 e. The van der Waals surface area contributed by atoms with Crippen molar-refractivity contribution in [3.63, 3.8) is 0 Å². The smallest absolute Gasteiger partial charge is 0.306 e. The van der Waals surface area contributed by atoms with Crippen LogP contribution in [0.1, 0.15) is 374 Å². The Morgan fingerprint density at radius 1 is 0.256 bits per heavy atom. The number of allylic oxidation sites excluding steroid dienone is 8. The first-order valence-corrected chi connectivity index (χ1v) is 34.6. The molecular formula is C72H132O6. The molecule has 0 saturated heterocycles. The van der Waals surface area contributed by atoms with Crippen LogP contribution in [0.25, 0.3) is 0 Å². The number of esters is 3. The summed E-state index contributed by atoms with van der Waals surface area (Å²) >= 11 is 0. The summed E-state index contributed by atoms with van der Waals surface area (Å²) in [6, 6.07) is 0. The maximum absolute atomic E-state index is 13.0. The topological polar surface area (TPSA) is 78.9 Å². The molecule has 0 bridgehead atoms. The average molecular weight is 1090 g/mol. The lowest BCUT2D eigenvalue weighted by atomic mass is 10.0. The zero-order valence-corrected chi connectivity index (χ0v) is 52.5. The van der Waals surface area contributed by atoms with Gasteiger partial charge in [-0.25, -0.2) is 0 Å². The van der Waals surface area contributed by atoms with E-state index in [-0.39, 0.29) is 31.1 Å². The number of hydrogen-bond donors (Lipinski definition) is 0. The highest BCUT2D eigenvalue weighted by molar-refractivity contribution is 5.71. The molecule has 0 fully saturated rings. The van der Waals surface area contributed by atoms with E-state index in [2.05, 4.69) is 69.4 Å². The van der Waals surface area contributed by atoms with Crippen LogP contribution in [0.3, 0.4) is 0 Å². The fraction of sp³-hybridized carbons (Fsp3) is 0.847. The van der Waals surface area contributed by atoms with Crippen LogP contribution in [-0.4, -0.2) is 37.2 Å². The molecule has 6 heteroatoms. The van der Waals surface area contributed by atoms with Crippen molar-refractivity contribution in [3.05, 3.63) is 48.6 Å². The molecule has 0 heterocycles. The molecule has 0 aliphatic carbocycles. The van der Waals surface area contributed by atoms with Crippen molar-refractivity contribution in [3.8, 4) is 0 Å². The van der Waals surface area contributed by atoms with Crippen molar-refractivity contribution in [2.24, 2.45) is 0 Å². The number of ether oxygens (including phenoxy) is 3. The summed E-state index contributed by atoms with van der Waals surface area (Å²) in [5.74, 6) is -0.865. The second-order valence-electron chi connectivity index (χ2n) is 23.4. The van der Waals surface area contributed by atoms with E-state index in [0.29, 0.717) is 19.3 Å².